The van der Waals surface area contributed by atoms with Crippen molar-refractivity contribution in [2.45, 2.75) is 82.1 Å². The van der Waals surface area contributed by atoms with Gasteiger partial charge in [-0.05, 0) is 58.5 Å². The maximum atomic E-state index is 13.2. The number of rotatable bonds is 20. The number of nitrogens with one attached hydrogen (secondary N) is 5. The molecule has 0 saturated heterocycles. The van der Waals surface area contributed by atoms with Crippen molar-refractivity contribution in [3.63, 3.8) is 0 Å². The van der Waals surface area contributed by atoms with Crippen LogP contribution in [0.4, 0.5) is 0 Å². The first kappa shape index (κ1) is 34.4. The fraction of sp³-hybridized carbons (Fsp3) is 0.667. The first-order valence-corrected chi connectivity index (χ1v) is 13.2. The average molecular weight is 570 g/mol. The highest BCUT2D eigenvalue weighted by molar-refractivity contribution is 5.95. The Morgan fingerprint density at radius 3 is 1.82 bits per heavy atom. The van der Waals surface area contributed by atoms with E-state index < -0.39 is 66.4 Å². The number of hydrogen-bond acceptors (Lipinski definition) is 10. The van der Waals surface area contributed by atoms with Gasteiger partial charge in [0.25, 0.3) is 0 Å². The van der Waals surface area contributed by atoms with Crippen molar-refractivity contribution < 1.29 is 34.2 Å². The van der Waals surface area contributed by atoms with E-state index in [0.29, 0.717) is 44.5 Å². The Labute approximate surface area is 232 Å². The van der Waals surface area contributed by atoms with Gasteiger partial charge in [0.1, 0.15) is 24.2 Å². The molecule has 1 heterocycles. The molecule has 226 valence electrons. The minimum Gasteiger partial charge on any atom is -0.480 e. The van der Waals surface area contributed by atoms with E-state index in [1.54, 1.807) is 0 Å². The van der Waals surface area contributed by atoms with E-state index in [-0.39, 0.29) is 19.3 Å². The van der Waals surface area contributed by atoms with E-state index in [4.69, 9.17) is 17.2 Å². The van der Waals surface area contributed by atoms with Crippen LogP contribution in [0.2, 0.25) is 0 Å². The molecular weight excluding hydrogens is 526 g/mol. The molecular formula is C24H43N9O7. The number of H-pyrrole nitrogens is 1. The normalized spacial score (nSPS) is 14.7. The number of imidazole rings is 1. The molecule has 0 radical (unpaired) electrons. The van der Waals surface area contributed by atoms with Crippen LogP contribution in [0.25, 0.3) is 0 Å². The van der Waals surface area contributed by atoms with Gasteiger partial charge in [-0.25, -0.2) is 9.78 Å². The van der Waals surface area contributed by atoms with Gasteiger partial charge in [0.15, 0.2) is 0 Å². The molecule has 13 N–H and O–H groups in total. The number of unbranched alkanes of at least 4 members (excludes halogenated alkanes) is 2. The molecule has 0 saturated carbocycles. The molecule has 5 atom stereocenters. The predicted molar refractivity (Wildman–Crippen MR) is 144 cm³/mol. The quantitative estimate of drug-likeness (QED) is 0.0690. The molecule has 0 unspecified atom stereocenters. The highest BCUT2D eigenvalue weighted by atomic mass is 16.4. The summed E-state index contributed by atoms with van der Waals surface area (Å²) in [5.74, 6) is -4.23. The lowest BCUT2D eigenvalue weighted by molar-refractivity contribution is -0.142. The summed E-state index contributed by atoms with van der Waals surface area (Å²) < 4.78 is 0. The van der Waals surface area contributed by atoms with Gasteiger partial charge in [-0.3, -0.25) is 19.2 Å². The van der Waals surface area contributed by atoms with Crippen LogP contribution in [0.1, 0.15) is 51.1 Å². The van der Waals surface area contributed by atoms with E-state index in [1.807, 2.05) is 0 Å². The molecule has 0 aliphatic rings. The summed E-state index contributed by atoms with van der Waals surface area (Å²) in [4.78, 5) is 69.6. The number of carbonyl (C=O) groups excluding carboxylic acids is 4. The molecule has 1 rings (SSSR count). The summed E-state index contributed by atoms with van der Waals surface area (Å²) in [5, 5.41) is 29.0. The van der Waals surface area contributed by atoms with Crippen molar-refractivity contribution in [2.75, 3.05) is 19.7 Å². The first-order valence-electron chi connectivity index (χ1n) is 13.2. The summed E-state index contributed by atoms with van der Waals surface area (Å²) in [6.45, 7) is 1.39. The van der Waals surface area contributed by atoms with E-state index in [2.05, 4.69) is 31.2 Å². The SMILES string of the molecule is C[C@H](N)C(=O)N[C@@H](CCCCN)C(=O)N[C@@H](Cc1cnc[nH]1)C(=O)N[C@@H](CO)C(=O)N[C@@H](CCCCN)C(=O)O. The largest absolute Gasteiger partial charge is 0.480 e. The molecule has 1 aromatic heterocycles. The second-order valence-corrected chi connectivity index (χ2v) is 9.40. The van der Waals surface area contributed by atoms with Crippen LogP contribution >= 0.6 is 0 Å². The Kier molecular flexibility index (Phi) is 16.0. The molecule has 16 nitrogen and oxygen atoms in total. The number of aromatic nitrogens is 2. The number of aromatic amines is 1. The third-order valence-electron chi connectivity index (χ3n) is 5.98. The molecule has 4 amide bonds. The van der Waals surface area contributed by atoms with Gasteiger partial charge in [0, 0.05) is 18.3 Å². The van der Waals surface area contributed by atoms with Crippen molar-refractivity contribution in [2.24, 2.45) is 17.2 Å². The van der Waals surface area contributed by atoms with E-state index >= 15 is 0 Å². The number of nitrogens with zero attached hydrogens (tertiary/aromatic N) is 1. The maximum Gasteiger partial charge on any atom is 0.326 e. The fourth-order valence-electron chi connectivity index (χ4n) is 3.65. The Morgan fingerprint density at radius 2 is 1.32 bits per heavy atom. The molecule has 0 aromatic carbocycles. The minimum atomic E-state index is -1.50. The van der Waals surface area contributed by atoms with Crippen LogP contribution in [0.15, 0.2) is 12.5 Å². The lowest BCUT2D eigenvalue weighted by Crippen LogP contribution is -2.59. The van der Waals surface area contributed by atoms with Crippen LogP contribution in [0.5, 0.6) is 0 Å². The van der Waals surface area contributed by atoms with Crippen molar-refractivity contribution in [1.82, 2.24) is 31.2 Å². The van der Waals surface area contributed by atoms with Crippen molar-refractivity contribution in [1.29, 1.82) is 0 Å². The molecule has 40 heavy (non-hydrogen) atoms. The smallest absolute Gasteiger partial charge is 0.326 e. The average Bonchev–Trinajstić information content (AvgIpc) is 3.43. The van der Waals surface area contributed by atoms with Crippen molar-refractivity contribution in [3.05, 3.63) is 18.2 Å². The number of carboxylic acid groups (broad SMARTS) is 1. The van der Waals surface area contributed by atoms with Gasteiger partial charge in [0.2, 0.25) is 23.6 Å². The lowest BCUT2D eigenvalue weighted by Gasteiger charge is -2.25. The zero-order chi connectivity index (χ0) is 30.1. The van der Waals surface area contributed by atoms with Crippen molar-refractivity contribution >= 4 is 29.6 Å². The van der Waals surface area contributed by atoms with Gasteiger partial charge in [-0.2, -0.15) is 0 Å². The Bertz CT molecular complexity index is 943. The maximum absolute atomic E-state index is 13.2. The lowest BCUT2D eigenvalue weighted by atomic mass is 10.1. The Hall–Kier alpha value is -3.60. The first-order chi connectivity index (χ1) is 19.0. The summed E-state index contributed by atoms with van der Waals surface area (Å²) in [5.41, 5.74) is 17.1. The van der Waals surface area contributed by atoms with E-state index in [9.17, 15) is 34.2 Å². The number of aliphatic hydroxyl groups excluding tert-OH is 1. The number of aliphatic carboxylic acids is 1. The highest BCUT2D eigenvalue weighted by Crippen LogP contribution is 2.06. The second kappa shape index (κ2) is 18.6. The van der Waals surface area contributed by atoms with Gasteiger partial charge >= 0.3 is 5.97 Å². The second-order valence-electron chi connectivity index (χ2n) is 9.40. The number of nitrogens with two attached hydrogens (primary N) is 3. The van der Waals surface area contributed by atoms with Crippen molar-refractivity contribution in [3.8, 4) is 0 Å². The van der Waals surface area contributed by atoms with Crippen LogP contribution < -0.4 is 38.5 Å². The molecule has 0 aliphatic carbocycles. The zero-order valence-electron chi connectivity index (χ0n) is 22.7. The number of carbonyl (C=O) groups is 5. The van der Waals surface area contributed by atoms with Gasteiger partial charge in [0.05, 0.1) is 19.0 Å². The summed E-state index contributed by atoms with van der Waals surface area (Å²) in [6, 6.07) is -5.87. The molecule has 16 heteroatoms. The zero-order valence-corrected chi connectivity index (χ0v) is 22.7. The number of aliphatic hydroxyl groups is 1. The monoisotopic (exact) mass is 569 g/mol. The fourth-order valence-corrected chi connectivity index (χ4v) is 3.65. The molecule has 1 aromatic rings. The number of amides is 4. The van der Waals surface area contributed by atoms with E-state index in [1.165, 1.54) is 19.4 Å². The molecule has 0 spiro atoms. The van der Waals surface area contributed by atoms with Crippen LogP contribution in [-0.4, -0.2) is 99.7 Å². The standard InChI is InChI=1S/C24H43N9O7/c1-14(27)20(35)30-16(6-2-4-8-25)21(36)32-18(10-15-11-28-13-29-15)22(37)33-19(12-34)23(38)31-17(24(39)40)7-3-5-9-26/h11,13-14,16-19,34H,2-10,12,25-27H2,1H3,(H,28,29)(H,30,35)(H,31,38)(H,32,36)(H,33,37)(H,39,40)/t14-,16-,17-,18-,19-/m0/s1. The Morgan fingerprint density at radius 1 is 0.825 bits per heavy atom. The number of hydrogen-bond donors (Lipinski definition) is 10. The van der Waals surface area contributed by atoms with E-state index in [0.717, 1.165) is 0 Å². The minimum absolute atomic E-state index is 0.0645. The molecule has 0 fully saturated rings. The van der Waals surface area contributed by atoms with Crippen LogP contribution in [-0.2, 0) is 30.4 Å². The summed E-state index contributed by atoms with van der Waals surface area (Å²) in [6.07, 6.45) is 5.25. The van der Waals surface area contributed by atoms with Crippen LogP contribution in [0.3, 0.4) is 0 Å². The predicted octanol–water partition coefficient (Wildman–Crippen LogP) is -3.43. The Balaban J connectivity index is 3.04. The summed E-state index contributed by atoms with van der Waals surface area (Å²) >= 11 is 0. The van der Waals surface area contributed by atoms with Crippen LogP contribution in [0, 0.1) is 0 Å². The third kappa shape index (κ3) is 12.5. The summed E-state index contributed by atoms with van der Waals surface area (Å²) in [7, 11) is 0. The highest BCUT2D eigenvalue weighted by Gasteiger charge is 2.31. The topological polar surface area (TPSA) is 281 Å². The van der Waals surface area contributed by atoms with Gasteiger partial charge in [-0.15, -0.1) is 0 Å². The molecule has 0 bridgehead atoms. The third-order valence-corrected chi connectivity index (χ3v) is 5.98. The van der Waals surface area contributed by atoms with Gasteiger partial charge in [-0.1, -0.05) is 0 Å². The van der Waals surface area contributed by atoms with Gasteiger partial charge < -0.3 is 53.7 Å². The molecule has 0 aliphatic heterocycles. The number of carboxylic acids is 1.